The Morgan fingerprint density at radius 3 is 2.17 bits per heavy atom. The average molecular weight is 533 g/mol. The largest absolute Gasteiger partial charge is 0.493 e. The molecule has 10 heteroatoms. The molecule has 0 aliphatic carbocycles. The molecule has 1 amide bonds. The highest BCUT2D eigenvalue weighted by atomic mass is 35.5. The number of halogens is 1. The van der Waals surface area contributed by atoms with Crippen molar-refractivity contribution >= 4 is 33.2 Å². The number of nitrogens with zero attached hydrogens (tertiary/aromatic N) is 1. The van der Waals surface area contributed by atoms with Crippen molar-refractivity contribution in [2.75, 3.05) is 32.2 Å². The molecule has 1 N–H and O–H groups in total. The molecule has 0 spiro atoms. The fourth-order valence-electron chi connectivity index (χ4n) is 3.57. The van der Waals surface area contributed by atoms with Crippen LogP contribution in [0.4, 0.5) is 5.69 Å². The molecule has 0 saturated heterocycles. The summed E-state index contributed by atoms with van der Waals surface area (Å²) < 4.78 is 44.3. The summed E-state index contributed by atoms with van der Waals surface area (Å²) in [5.74, 6) is 0.770. The van der Waals surface area contributed by atoms with Gasteiger partial charge in [0.05, 0.1) is 31.9 Å². The van der Waals surface area contributed by atoms with E-state index in [2.05, 4.69) is 5.32 Å². The summed E-state index contributed by atoms with van der Waals surface area (Å²) in [7, 11) is 0.430. The summed E-state index contributed by atoms with van der Waals surface area (Å²) in [4.78, 5) is 13.1. The van der Waals surface area contributed by atoms with Gasteiger partial charge >= 0.3 is 0 Å². The highest BCUT2D eigenvalue weighted by Gasteiger charge is 2.28. The zero-order chi connectivity index (χ0) is 26.5. The highest BCUT2D eigenvalue weighted by Crippen LogP contribution is 2.39. The molecule has 3 rings (SSSR count). The standard InChI is InChI=1S/C26H29ClN2O6S/c1-17-6-11-21(12-7-17)36(31,32)29(20-10-8-18(2)22(27)14-20)16-24(30)28-15-19-9-13-23(33-3)26(35-5)25(19)34-4/h6-14H,15-16H2,1-5H3,(H,28,30). The molecule has 192 valence electrons. The molecule has 0 saturated carbocycles. The van der Waals surface area contributed by atoms with Crippen LogP contribution in [0, 0.1) is 13.8 Å². The third-order valence-corrected chi connectivity index (χ3v) is 7.80. The van der Waals surface area contributed by atoms with E-state index in [4.69, 9.17) is 25.8 Å². The van der Waals surface area contributed by atoms with Gasteiger partial charge in [0.25, 0.3) is 10.0 Å². The quantitative estimate of drug-likeness (QED) is 0.413. The molecular formula is C26H29ClN2O6S. The van der Waals surface area contributed by atoms with Crippen molar-refractivity contribution in [3.05, 3.63) is 76.3 Å². The first-order valence-corrected chi connectivity index (χ1v) is 12.8. The normalized spacial score (nSPS) is 11.1. The van der Waals surface area contributed by atoms with Crippen LogP contribution in [-0.4, -0.2) is 42.2 Å². The smallest absolute Gasteiger partial charge is 0.264 e. The number of sulfonamides is 1. The first-order chi connectivity index (χ1) is 17.1. The van der Waals surface area contributed by atoms with Gasteiger partial charge in [0.1, 0.15) is 6.54 Å². The Morgan fingerprint density at radius 2 is 1.58 bits per heavy atom. The predicted molar refractivity (Wildman–Crippen MR) is 140 cm³/mol. The molecule has 3 aromatic carbocycles. The number of anilines is 1. The lowest BCUT2D eigenvalue weighted by Gasteiger charge is -2.25. The van der Waals surface area contributed by atoms with Crippen LogP contribution in [0.25, 0.3) is 0 Å². The maximum Gasteiger partial charge on any atom is 0.264 e. The van der Waals surface area contributed by atoms with Gasteiger partial charge in [-0.1, -0.05) is 35.4 Å². The Labute approximate surface area is 216 Å². The number of aryl methyl sites for hydroxylation is 2. The molecule has 0 heterocycles. The van der Waals surface area contributed by atoms with Crippen LogP contribution in [0.1, 0.15) is 16.7 Å². The van der Waals surface area contributed by atoms with E-state index in [0.717, 1.165) is 15.4 Å². The number of methoxy groups -OCH3 is 3. The summed E-state index contributed by atoms with van der Waals surface area (Å²) >= 11 is 6.28. The van der Waals surface area contributed by atoms with Gasteiger partial charge in [-0.05, 0) is 55.8 Å². The second kappa shape index (κ2) is 11.5. The zero-order valence-electron chi connectivity index (χ0n) is 20.8. The molecule has 0 unspecified atom stereocenters. The number of amides is 1. The van der Waals surface area contributed by atoms with Gasteiger partial charge in [-0.2, -0.15) is 0 Å². The molecule has 0 bridgehead atoms. The molecule has 8 nitrogen and oxygen atoms in total. The van der Waals surface area contributed by atoms with E-state index in [1.165, 1.54) is 39.5 Å². The fraction of sp³-hybridized carbons (Fsp3) is 0.269. The number of nitrogens with one attached hydrogen (secondary N) is 1. The maximum absolute atomic E-state index is 13.6. The lowest BCUT2D eigenvalue weighted by Crippen LogP contribution is -2.40. The molecule has 0 atom stereocenters. The molecule has 0 aromatic heterocycles. The Bertz CT molecular complexity index is 1340. The Balaban J connectivity index is 1.90. The summed E-state index contributed by atoms with van der Waals surface area (Å²) in [6.07, 6.45) is 0. The summed E-state index contributed by atoms with van der Waals surface area (Å²) in [6.45, 7) is 3.30. The van der Waals surface area contributed by atoms with Crippen molar-refractivity contribution in [3.8, 4) is 17.2 Å². The van der Waals surface area contributed by atoms with Gasteiger partial charge in [-0.25, -0.2) is 8.42 Å². The average Bonchev–Trinajstić information content (AvgIpc) is 2.87. The number of hydrogen-bond donors (Lipinski definition) is 1. The second-order valence-electron chi connectivity index (χ2n) is 8.03. The number of carbonyl (C=O) groups is 1. The minimum Gasteiger partial charge on any atom is -0.493 e. The van der Waals surface area contributed by atoms with E-state index in [0.29, 0.717) is 27.8 Å². The molecule has 0 aliphatic heterocycles. The van der Waals surface area contributed by atoms with Crippen molar-refractivity contribution in [2.24, 2.45) is 0 Å². The predicted octanol–water partition coefficient (Wildman–Crippen LogP) is 4.49. The number of carbonyl (C=O) groups excluding carboxylic acids is 1. The third kappa shape index (κ3) is 5.85. The van der Waals surface area contributed by atoms with Gasteiger partial charge in [-0.3, -0.25) is 9.10 Å². The van der Waals surface area contributed by atoms with Crippen molar-refractivity contribution < 1.29 is 27.4 Å². The topological polar surface area (TPSA) is 94.2 Å². The van der Waals surface area contributed by atoms with Crippen LogP contribution in [0.15, 0.2) is 59.5 Å². The van der Waals surface area contributed by atoms with E-state index in [-0.39, 0.29) is 17.1 Å². The van der Waals surface area contributed by atoms with Gasteiger partial charge in [0.2, 0.25) is 11.7 Å². The number of rotatable bonds is 10. The van der Waals surface area contributed by atoms with E-state index >= 15 is 0 Å². The SMILES string of the molecule is COc1ccc(CNC(=O)CN(c2ccc(C)c(Cl)c2)S(=O)(=O)c2ccc(C)cc2)c(OC)c1OC. The van der Waals surface area contributed by atoms with Crippen LogP contribution in [-0.2, 0) is 21.4 Å². The number of ether oxygens (including phenoxy) is 3. The van der Waals surface area contributed by atoms with Gasteiger partial charge < -0.3 is 19.5 Å². The number of benzene rings is 3. The van der Waals surface area contributed by atoms with Gasteiger partial charge in [0, 0.05) is 17.1 Å². The van der Waals surface area contributed by atoms with E-state index < -0.39 is 22.5 Å². The summed E-state index contributed by atoms with van der Waals surface area (Å²) in [6, 6.07) is 14.7. The Kier molecular flexibility index (Phi) is 8.70. The molecular weight excluding hydrogens is 504 g/mol. The lowest BCUT2D eigenvalue weighted by atomic mass is 10.1. The lowest BCUT2D eigenvalue weighted by molar-refractivity contribution is -0.119. The van der Waals surface area contributed by atoms with Crippen LogP contribution in [0.2, 0.25) is 5.02 Å². The Hall–Kier alpha value is -3.43. The minimum absolute atomic E-state index is 0.0687. The molecule has 36 heavy (non-hydrogen) atoms. The van der Waals surface area contributed by atoms with Crippen LogP contribution in [0.5, 0.6) is 17.2 Å². The molecule has 3 aromatic rings. The van der Waals surface area contributed by atoms with E-state index in [1.807, 2.05) is 13.8 Å². The molecule has 0 aliphatic rings. The highest BCUT2D eigenvalue weighted by molar-refractivity contribution is 7.92. The third-order valence-electron chi connectivity index (χ3n) is 5.60. The maximum atomic E-state index is 13.6. The van der Waals surface area contributed by atoms with Crippen molar-refractivity contribution in [1.82, 2.24) is 5.32 Å². The minimum atomic E-state index is -4.06. The van der Waals surface area contributed by atoms with Crippen LogP contribution in [0.3, 0.4) is 0 Å². The first-order valence-electron chi connectivity index (χ1n) is 11.0. The van der Waals surface area contributed by atoms with Crippen molar-refractivity contribution in [2.45, 2.75) is 25.3 Å². The zero-order valence-corrected chi connectivity index (χ0v) is 22.4. The Morgan fingerprint density at radius 1 is 0.917 bits per heavy atom. The molecule has 0 radical (unpaired) electrons. The fourth-order valence-corrected chi connectivity index (χ4v) is 5.16. The van der Waals surface area contributed by atoms with Crippen LogP contribution < -0.4 is 23.8 Å². The van der Waals surface area contributed by atoms with Crippen LogP contribution >= 0.6 is 11.6 Å². The second-order valence-corrected chi connectivity index (χ2v) is 10.3. The number of hydrogen-bond acceptors (Lipinski definition) is 6. The van der Waals surface area contributed by atoms with Gasteiger partial charge in [0.15, 0.2) is 11.5 Å². The summed E-state index contributed by atoms with van der Waals surface area (Å²) in [5, 5.41) is 3.16. The first kappa shape index (κ1) is 27.2. The summed E-state index contributed by atoms with van der Waals surface area (Å²) in [5.41, 5.74) is 2.62. The van der Waals surface area contributed by atoms with Crippen molar-refractivity contribution in [1.29, 1.82) is 0 Å². The monoisotopic (exact) mass is 532 g/mol. The van der Waals surface area contributed by atoms with E-state index in [1.54, 1.807) is 36.4 Å². The molecule has 0 fully saturated rings. The van der Waals surface area contributed by atoms with Gasteiger partial charge in [-0.15, -0.1) is 0 Å². The van der Waals surface area contributed by atoms with E-state index in [9.17, 15) is 13.2 Å². The van der Waals surface area contributed by atoms with Crippen molar-refractivity contribution in [3.63, 3.8) is 0 Å².